The van der Waals surface area contributed by atoms with Crippen molar-refractivity contribution in [2.75, 3.05) is 5.73 Å². The van der Waals surface area contributed by atoms with Crippen molar-refractivity contribution in [2.24, 2.45) is 0 Å². The molecule has 0 aliphatic rings. The lowest BCUT2D eigenvalue weighted by Gasteiger charge is -1.96. The van der Waals surface area contributed by atoms with Crippen LogP contribution >= 0.6 is 12.4 Å². The van der Waals surface area contributed by atoms with Crippen LogP contribution in [0.25, 0.3) is 10.9 Å². The van der Waals surface area contributed by atoms with E-state index < -0.39 is 0 Å². The Kier molecular flexibility index (Phi) is 2.81. The van der Waals surface area contributed by atoms with Crippen LogP contribution in [0.2, 0.25) is 0 Å². The number of carbonyl (C=O) groups is 1. The quantitative estimate of drug-likeness (QED) is 0.726. The number of aromatic nitrogens is 1. The number of carbonyl (C=O) groups excluding carboxylic acids is 1. The predicted octanol–water partition coefficient (Wildman–Crippen LogP) is 2.31. The molecule has 0 unspecified atom stereocenters. The normalized spacial score (nSPS) is 9.79. The minimum Gasteiger partial charge on any atom is -0.397 e. The fraction of sp³-hybridized carbons (Fsp3) is 0.100. The summed E-state index contributed by atoms with van der Waals surface area (Å²) in [6.07, 6.45) is 1.66. The third-order valence-electron chi connectivity index (χ3n) is 2.08. The summed E-state index contributed by atoms with van der Waals surface area (Å²) in [5, 5.41) is 0.928. The molecule has 1 aromatic heterocycles. The zero-order chi connectivity index (χ0) is 9.42. The van der Waals surface area contributed by atoms with Gasteiger partial charge in [-0.3, -0.25) is 9.36 Å². The molecule has 2 rings (SSSR count). The van der Waals surface area contributed by atoms with E-state index in [0.29, 0.717) is 5.69 Å². The van der Waals surface area contributed by atoms with Crippen LogP contribution in [0.5, 0.6) is 0 Å². The molecule has 0 aliphatic heterocycles. The molecular formula is C10H11ClN2O. The van der Waals surface area contributed by atoms with Crippen LogP contribution < -0.4 is 5.73 Å². The van der Waals surface area contributed by atoms with Crippen LogP contribution in [0.15, 0.2) is 30.5 Å². The molecule has 0 amide bonds. The van der Waals surface area contributed by atoms with E-state index in [0.717, 1.165) is 10.9 Å². The summed E-state index contributed by atoms with van der Waals surface area (Å²) in [4.78, 5) is 11.2. The van der Waals surface area contributed by atoms with Crippen molar-refractivity contribution >= 4 is 34.9 Å². The Bertz CT molecular complexity index is 476. The number of rotatable bonds is 0. The van der Waals surface area contributed by atoms with Crippen LogP contribution in [0, 0.1) is 0 Å². The second kappa shape index (κ2) is 3.72. The Morgan fingerprint density at radius 3 is 2.64 bits per heavy atom. The van der Waals surface area contributed by atoms with Crippen molar-refractivity contribution in [1.29, 1.82) is 0 Å². The standard InChI is InChI=1S/C10H10N2O.ClH/c1-7(13)12-6-9(11)8-4-2-3-5-10(8)12;/h2-6H,11H2,1H3;1H. The third-order valence-corrected chi connectivity index (χ3v) is 2.08. The van der Waals surface area contributed by atoms with Gasteiger partial charge in [0.25, 0.3) is 0 Å². The molecule has 1 heterocycles. The molecule has 0 saturated heterocycles. The Labute approximate surface area is 87.9 Å². The van der Waals surface area contributed by atoms with E-state index in [2.05, 4.69) is 0 Å². The topological polar surface area (TPSA) is 48.0 Å². The molecule has 0 bridgehead atoms. The molecule has 0 spiro atoms. The van der Waals surface area contributed by atoms with Crippen molar-refractivity contribution in [3.05, 3.63) is 30.5 Å². The van der Waals surface area contributed by atoms with Gasteiger partial charge >= 0.3 is 0 Å². The van der Waals surface area contributed by atoms with Gasteiger partial charge in [0.05, 0.1) is 11.2 Å². The van der Waals surface area contributed by atoms with E-state index in [4.69, 9.17) is 5.73 Å². The van der Waals surface area contributed by atoms with Gasteiger partial charge in [-0.2, -0.15) is 0 Å². The molecule has 14 heavy (non-hydrogen) atoms. The maximum atomic E-state index is 11.2. The second-order valence-electron chi connectivity index (χ2n) is 2.99. The van der Waals surface area contributed by atoms with E-state index in [-0.39, 0.29) is 18.3 Å². The molecule has 0 fully saturated rings. The summed E-state index contributed by atoms with van der Waals surface area (Å²) in [7, 11) is 0. The molecule has 0 radical (unpaired) electrons. The summed E-state index contributed by atoms with van der Waals surface area (Å²) >= 11 is 0. The first-order valence-electron chi connectivity index (χ1n) is 4.06. The van der Waals surface area contributed by atoms with Gasteiger partial charge in [-0.1, -0.05) is 18.2 Å². The van der Waals surface area contributed by atoms with E-state index in [1.165, 1.54) is 6.92 Å². The van der Waals surface area contributed by atoms with E-state index in [9.17, 15) is 4.79 Å². The van der Waals surface area contributed by atoms with Gasteiger partial charge in [-0.15, -0.1) is 12.4 Å². The first-order chi connectivity index (χ1) is 6.20. The Hall–Kier alpha value is -1.48. The number of hydrogen-bond acceptors (Lipinski definition) is 2. The summed E-state index contributed by atoms with van der Waals surface area (Å²) in [6, 6.07) is 7.58. The Balaban J connectivity index is 0.000000980. The monoisotopic (exact) mass is 210 g/mol. The van der Waals surface area contributed by atoms with Crippen molar-refractivity contribution < 1.29 is 4.79 Å². The number of benzene rings is 1. The smallest absolute Gasteiger partial charge is 0.228 e. The minimum atomic E-state index is -0.0205. The Morgan fingerprint density at radius 2 is 2.00 bits per heavy atom. The minimum absolute atomic E-state index is 0. The second-order valence-corrected chi connectivity index (χ2v) is 2.99. The highest BCUT2D eigenvalue weighted by Crippen LogP contribution is 2.22. The first kappa shape index (κ1) is 10.6. The summed E-state index contributed by atoms with van der Waals surface area (Å²) < 4.78 is 1.56. The molecule has 0 atom stereocenters. The maximum absolute atomic E-state index is 11.2. The van der Waals surface area contributed by atoms with Crippen molar-refractivity contribution in [2.45, 2.75) is 6.92 Å². The van der Waals surface area contributed by atoms with Gasteiger partial charge in [0.15, 0.2) is 0 Å². The third kappa shape index (κ3) is 1.46. The lowest BCUT2D eigenvalue weighted by atomic mass is 10.2. The molecule has 0 saturated carbocycles. The van der Waals surface area contributed by atoms with Gasteiger partial charge in [-0.25, -0.2) is 0 Å². The highest BCUT2D eigenvalue weighted by Gasteiger charge is 2.06. The average Bonchev–Trinajstić information content (AvgIpc) is 2.45. The summed E-state index contributed by atoms with van der Waals surface area (Å²) in [6.45, 7) is 1.52. The molecule has 1 aromatic carbocycles. The number of fused-ring (bicyclic) bond motifs is 1. The van der Waals surface area contributed by atoms with Crippen LogP contribution in [0.3, 0.4) is 0 Å². The SMILES string of the molecule is CC(=O)n1cc(N)c2ccccc21.Cl. The van der Waals surface area contributed by atoms with Gasteiger partial charge < -0.3 is 5.73 Å². The first-order valence-corrected chi connectivity index (χ1v) is 4.06. The predicted molar refractivity (Wildman–Crippen MR) is 59.9 cm³/mol. The van der Waals surface area contributed by atoms with Gasteiger partial charge in [0.1, 0.15) is 0 Å². The number of nitrogen functional groups attached to an aromatic ring is 1. The molecule has 74 valence electrons. The Morgan fingerprint density at radius 1 is 1.36 bits per heavy atom. The number of para-hydroxylation sites is 1. The highest BCUT2D eigenvalue weighted by atomic mass is 35.5. The number of anilines is 1. The fourth-order valence-corrected chi connectivity index (χ4v) is 1.47. The molecule has 0 aliphatic carbocycles. The number of hydrogen-bond donors (Lipinski definition) is 1. The van der Waals surface area contributed by atoms with E-state index in [1.807, 2.05) is 24.3 Å². The molecule has 2 aromatic rings. The van der Waals surface area contributed by atoms with E-state index >= 15 is 0 Å². The summed E-state index contributed by atoms with van der Waals surface area (Å²) in [5.74, 6) is -0.0205. The molecule has 2 N–H and O–H groups in total. The van der Waals surface area contributed by atoms with Crippen LogP contribution in [-0.2, 0) is 0 Å². The van der Waals surface area contributed by atoms with Gasteiger partial charge in [-0.05, 0) is 6.07 Å². The highest BCUT2D eigenvalue weighted by molar-refractivity contribution is 5.98. The van der Waals surface area contributed by atoms with E-state index in [1.54, 1.807) is 10.8 Å². The lowest BCUT2D eigenvalue weighted by molar-refractivity contribution is 0.0942. The lowest BCUT2D eigenvalue weighted by Crippen LogP contribution is -2.02. The number of halogens is 1. The van der Waals surface area contributed by atoms with Crippen LogP contribution in [0.4, 0.5) is 5.69 Å². The average molecular weight is 211 g/mol. The summed E-state index contributed by atoms with van der Waals surface area (Å²) in [5.41, 5.74) is 7.25. The zero-order valence-electron chi connectivity index (χ0n) is 7.73. The molecule has 3 nitrogen and oxygen atoms in total. The van der Waals surface area contributed by atoms with Crippen molar-refractivity contribution in [3.63, 3.8) is 0 Å². The van der Waals surface area contributed by atoms with Crippen molar-refractivity contribution in [1.82, 2.24) is 4.57 Å². The van der Waals surface area contributed by atoms with Gasteiger partial charge in [0.2, 0.25) is 5.91 Å². The number of nitrogens with zero attached hydrogens (tertiary/aromatic N) is 1. The number of nitrogens with two attached hydrogens (primary N) is 1. The van der Waals surface area contributed by atoms with Gasteiger partial charge in [0, 0.05) is 18.5 Å². The van der Waals surface area contributed by atoms with Crippen LogP contribution in [0.1, 0.15) is 11.7 Å². The fourth-order valence-electron chi connectivity index (χ4n) is 1.47. The maximum Gasteiger partial charge on any atom is 0.228 e. The molecule has 4 heteroatoms. The largest absolute Gasteiger partial charge is 0.397 e. The molecular weight excluding hydrogens is 200 g/mol. The van der Waals surface area contributed by atoms with Crippen molar-refractivity contribution in [3.8, 4) is 0 Å². The van der Waals surface area contributed by atoms with Crippen LogP contribution in [-0.4, -0.2) is 10.5 Å². The zero-order valence-corrected chi connectivity index (χ0v) is 8.54.